The molecule has 0 unspecified atom stereocenters. The first-order valence-corrected chi connectivity index (χ1v) is 15.6. The van der Waals surface area contributed by atoms with E-state index in [9.17, 15) is 0 Å². The summed E-state index contributed by atoms with van der Waals surface area (Å²) in [5.41, 5.74) is 17.3. The molecule has 0 atom stereocenters. The molecule has 0 N–H and O–H groups in total. The third-order valence-corrected chi connectivity index (χ3v) is 12.0. The summed E-state index contributed by atoms with van der Waals surface area (Å²) in [5, 5.41) is 0. The van der Waals surface area contributed by atoms with Gasteiger partial charge in [0.2, 0.25) is 0 Å². The van der Waals surface area contributed by atoms with Crippen LogP contribution in [0.5, 0.6) is 0 Å². The fraction of sp³-hybridized carbons (Fsp3) is 0.294. The van der Waals surface area contributed by atoms with Crippen molar-refractivity contribution in [1.29, 1.82) is 0 Å². The van der Waals surface area contributed by atoms with E-state index in [1.807, 2.05) is 0 Å². The Kier molecular flexibility index (Phi) is 5.42. The number of hydrogen-bond acceptors (Lipinski definition) is 1. The van der Waals surface area contributed by atoms with E-state index in [4.69, 9.17) is 0 Å². The number of anilines is 3. The number of fused-ring (bicyclic) bond motifs is 3. The summed E-state index contributed by atoms with van der Waals surface area (Å²) < 4.78 is 0. The van der Waals surface area contributed by atoms with Gasteiger partial charge in [0.1, 0.15) is 39.2 Å². The molecule has 4 aromatic carbocycles. The smallest absolute Gasteiger partial charge is 0.141 e. The summed E-state index contributed by atoms with van der Waals surface area (Å²) in [6, 6.07) is 28.0. The highest BCUT2D eigenvalue weighted by atomic mass is 15.1. The highest BCUT2D eigenvalue weighted by Gasteiger charge is 2.61. The monoisotopic (exact) mass is 513 g/mol. The van der Waals surface area contributed by atoms with Gasteiger partial charge >= 0.3 is 0 Å². The van der Waals surface area contributed by atoms with Crippen LogP contribution in [0.4, 0.5) is 17.1 Å². The van der Waals surface area contributed by atoms with E-state index < -0.39 is 0 Å². The van der Waals surface area contributed by atoms with Crippen molar-refractivity contribution in [3.05, 3.63) is 83.9 Å². The van der Waals surface area contributed by atoms with Gasteiger partial charge in [-0.15, -0.1) is 5.46 Å². The van der Waals surface area contributed by atoms with Crippen molar-refractivity contribution in [2.24, 2.45) is 23.7 Å². The number of para-hydroxylation sites is 1. The van der Waals surface area contributed by atoms with Gasteiger partial charge < -0.3 is 4.90 Å². The van der Waals surface area contributed by atoms with Gasteiger partial charge in [-0.1, -0.05) is 70.4 Å². The van der Waals surface area contributed by atoms with Crippen molar-refractivity contribution in [1.82, 2.24) is 0 Å². The predicted molar refractivity (Wildman–Crippen MR) is 185 cm³/mol. The summed E-state index contributed by atoms with van der Waals surface area (Å²) in [4.78, 5) is 2.54. The van der Waals surface area contributed by atoms with Gasteiger partial charge in [-0.05, 0) is 102 Å². The number of nitrogens with zero attached hydrogens (tertiary/aromatic N) is 1. The first-order chi connectivity index (χ1) is 19.4. The molecule has 0 aromatic heterocycles. The molecular weight excluding hydrogens is 476 g/mol. The van der Waals surface area contributed by atoms with Crippen LogP contribution in [0.3, 0.4) is 0 Å². The fourth-order valence-electron chi connectivity index (χ4n) is 10.1. The van der Waals surface area contributed by atoms with Gasteiger partial charge in [0, 0.05) is 22.5 Å². The molecule has 5 aliphatic carbocycles. The lowest BCUT2D eigenvalue weighted by Crippen LogP contribution is -2.56. The average Bonchev–Trinajstić information content (AvgIpc) is 3.26. The quantitative estimate of drug-likeness (QED) is 0.354. The van der Waals surface area contributed by atoms with Crippen molar-refractivity contribution >= 4 is 83.6 Å². The topological polar surface area (TPSA) is 3.24 Å². The normalized spacial score (nSPS) is 27.1. The maximum absolute atomic E-state index is 2.56. The molecule has 0 saturated heterocycles. The van der Waals surface area contributed by atoms with E-state index in [1.165, 1.54) is 87.6 Å². The molecular formula is C34H36B5N. The lowest BCUT2D eigenvalue weighted by atomic mass is 9.43. The second-order valence-electron chi connectivity index (χ2n) is 13.6. The molecule has 0 aliphatic heterocycles. The SMILES string of the molecule is Bc1c(B)c(B)c(N(c2ccccc2)c2ccc3c(c2)-c2ccccc2C32C3CC4CC(C3)CC2C4)c(B)c1B. The van der Waals surface area contributed by atoms with Gasteiger partial charge in [-0.2, -0.15) is 0 Å². The van der Waals surface area contributed by atoms with Crippen molar-refractivity contribution in [3.63, 3.8) is 0 Å². The van der Waals surface area contributed by atoms with Crippen molar-refractivity contribution < 1.29 is 0 Å². The third-order valence-electron chi connectivity index (χ3n) is 12.0. The van der Waals surface area contributed by atoms with Crippen LogP contribution in [0.15, 0.2) is 72.8 Å². The standard InChI is InChI=1S/C34H36B5N/c35-28-29(36)31(38)33(32(39)30(28)37)40(22-6-2-1-3-7-22)23-10-11-27-25(17-23)24-8-4-5-9-26(24)34(27)20-13-18-12-19(15-20)16-21(34)14-18/h1-11,17-21H,12-16,35-39H2. The molecule has 1 spiro atoms. The highest BCUT2D eigenvalue weighted by Crippen LogP contribution is 2.69. The van der Waals surface area contributed by atoms with E-state index in [0.29, 0.717) is 0 Å². The van der Waals surface area contributed by atoms with Crippen molar-refractivity contribution in [3.8, 4) is 11.1 Å². The Morgan fingerprint density at radius 1 is 0.525 bits per heavy atom. The lowest BCUT2D eigenvalue weighted by molar-refractivity contribution is -0.0399. The first kappa shape index (κ1) is 24.8. The summed E-state index contributed by atoms with van der Waals surface area (Å²) in [5.74, 6) is 3.54. The zero-order valence-corrected chi connectivity index (χ0v) is 24.7. The largest absolute Gasteiger partial charge is 0.312 e. The van der Waals surface area contributed by atoms with E-state index in [-0.39, 0.29) is 5.41 Å². The molecule has 192 valence electrons. The summed E-state index contributed by atoms with van der Waals surface area (Å²) in [7, 11) is 11.5. The summed E-state index contributed by atoms with van der Waals surface area (Å²) in [6.07, 6.45) is 7.21. The molecule has 4 saturated carbocycles. The minimum atomic E-state index is 0.221. The van der Waals surface area contributed by atoms with E-state index >= 15 is 0 Å². The number of hydrogen-bond donors (Lipinski definition) is 0. The summed E-state index contributed by atoms with van der Waals surface area (Å²) >= 11 is 0. The van der Waals surface area contributed by atoms with E-state index in [0.717, 1.165) is 23.7 Å². The number of rotatable bonds is 3. The fourth-order valence-corrected chi connectivity index (χ4v) is 10.1. The minimum absolute atomic E-state index is 0.221. The van der Waals surface area contributed by atoms with Crippen LogP contribution >= 0.6 is 0 Å². The van der Waals surface area contributed by atoms with Gasteiger partial charge in [0.15, 0.2) is 0 Å². The molecule has 6 heteroatoms. The zero-order valence-electron chi connectivity index (χ0n) is 24.7. The van der Waals surface area contributed by atoms with Crippen LogP contribution in [0, 0.1) is 23.7 Å². The Labute approximate surface area is 244 Å². The Bertz CT molecular complexity index is 1620. The van der Waals surface area contributed by atoms with Crippen LogP contribution in [0.2, 0.25) is 0 Å². The van der Waals surface area contributed by atoms with Crippen LogP contribution in [0.25, 0.3) is 11.1 Å². The van der Waals surface area contributed by atoms with Gasteiger partial charge in [-0.25, -0.2) is 0 Å². The molecule has 0 heterocycles. The van der Waals surface area contributed by atoms with Gasteiger partial charge in [-0.3, -0.25) is 0 Å². The van der Waals surface area contributed by atoms with Crippen LogP contribution in [-0.4, -0.2) is 39.2 Å². The van der Waals surface area contributed by atoms with Crippen LogP contribution < -0.4 is 32.2 Å². The van der Waals surface area contributed by atoms with Gasteiger partial charge in [0.25, 0.3) is 0 Å². The molecule has 4 bridgehead atoms. The lowest BCUT2D eigenvalue weighted by Gasteiger charge is -2.61. The Hall–Kier alpha value is -3.00. The van der Waals surface area contributed by atoms with Crippen molar-refractivity contribution in [2.75, 3.05) is 4.90 Å². The van der Waals surface area contributed by atoms with Crippen LogP contribution in [0.1, 0.15) is 43.2 Å². The second kappa shape index (κ2) is 8.75. The molecule has 0 radical (unpaired) electrons. The first-order valence-electron chi connectivity index (χ1n) is 15.6. The Balaban J connectivity index is 1.36. The summed E-state index contributed by atoms with van der Waals surface area (Å²) in [6.45, 7) is 0. The molecule has 40 heavy (non-hydrogen) atoms. The van der Waals surface area contributed by atoms with Crippen LogP contribution in [-0.2, 0) is 5.41 Å². The predicted octanol–water partition coefficient (Wildman–Crippen LogP) is 0.171. The minimum Gasteiger partial charge on any atom is -0.312 e. The maximum Gasteiger partial charge on any atom is 0.141 e. The van der Waals surface area contributed by atoms with E-state index in [2.05, 4.69) is 117 Å². The Morgan fingerprint density at radius 3 is 1.73 bits per heavy atom. The average molecular weight is 513 g/mol. The molecule has 4 aromatic rings. The second-order valence-corrected chi connectivity index (χ2v) is 13.6. The van der Waals surface area contributed by atoms with Gasteiger partial charge in [0.05, 0.1) is 0 Å². The maximum atomic E-state index is 2.56. The van der Waals surface area contributed by atoms with Crippen molar-refractivity contribution in [2.45, 2.75) is 37.5 Å². The zero-order chi connectivity index (χ0) is 27.3. The third kappa shape index (κ3) is 3.17. The number of benzene rings is 4. The molecule has 1 nitrogen and oxygen atoms in total. The van der Waals surface area contributed by atoms with E-state index in [1.54, 1.807) is 11.1 Å². The Morgan fingerprint density at radius 2 is 1.07 bits per heavy atom. The molecule has 9 rings (SSSR count). The molecule has 0 amide bonds. The highest BCUT2D eigenvalue weighted by molar-refractivity contribution is 6.69. The molecule has 5 aliphatic rings. The molecule has 4 fully saturated rings.